The summed E-state index contributed by atoms with van der Waals surface area (Å²) in [6.45, 7) is 11.1. The second-order valence-corrected chi connectivity index (χ2v) is 9.18. The number of morpholine rings is 1. The Bertz CT molecular complexity index is 825. The summed E-state index contributed by atoms with van der Waals surface area (Å²) in [7, 11) is 1.84. The van der Waals surface area contributed by atoms with Crippen LogP contribution >= 0.6 is 11.3 Å². The number of hydrogen-bond acceptors (Lipinski definition) is 6. The molecular formula is C21H34N6O2S. The Balaban J connectivity index is 1.69. The molecule has 166 valence electrons. The third-order valence-electron chi connectivity index (χ3n) is 5.25. The van der Waals surface area contributed by atoms with Gasteiger partial charge >= 0.3 is 0 Å². The van der Waals surface area contributed by atoms with Crippen molar-refractivity contribution in [3.8, 4) is 0 Å². The smallest absolute Gasteiger partial charge is 0.191 e. The van der Waals surface area contributed by atoms with Gasteiger partial charge in [-0.1, -0.05) is 0 Å². The van der Waals surface area contributed by atoms with Crippen molar-refractivity contribution >= 4 is 17.3 Å². The Morgan fingerprint density at radius 1 is 1.37 bits per heavy atom. The summed E-state index contributed by atoms with van der Waals surface area (Å²) in [5, 5.41) is 21.8. The summed E-state index contributed by atoms with van der Waals surface area (Å²) in [5.41, 5.74) is -0.324. The van der Waals surface area contributed by atoms with Gasteiger partial charge in [0.1, 0.15) is 5.60 Å². The summed E-state index contributed by atoms with van der Waals surface area (Å²) in [4.78, 5) is 9.79. The number of aliphatic imine (C=N–C) groups is 1. The van der Waals surface area contributed by atoms with Crippen LogP contribution in [0.1, 0.15) is 35.2 Å². The van der Waals surface area contributed by atoms with Gasteiger partial charge < -0.3 is 20.5 Å². The number of ether oxygens (including phenoxy) is 1. The van der Waals surface area contributed by atoms with E-state index in [-0.39, 0.29) is 12.6 Å². The number of thiophene rings is 1. The van der Waals surface area contributed by atoms with E-state index in [1.807, 2.05) is 31.5 Å². The van der Waals surface area contributed by atoms with E-state index in [1.165, 1.54) is 9.75 Å². The minimum absolute atomic E-state index is 0.244. The molecule has 0 radical (unpaired) electrons. The number of aryl methyl sites for hydroxylation is 2. The molecule has 2 unspecified atom stereocenters. The van der Waals surface area contributed by atoms with Gasteiger partial charge in [0.2, 0.25) is 0 Å². The molecule has 3 N–H and O–H groups in total. The monoisotopic (exact) mass is 434 g/mol. The summed E-state index contributed by atoms with van der Waals surface area (Å²) in [6, 6.07) is 4.66. The van der Waals surface area contributed by atoms with Gasteiger partial charge in [0.25, 0.3) is 0 Å². The normalized spacial score (nSPS) is 18.8. The Hall–Kier alpha value is -1.94. The molecule has 2 atom stereocenters. The summed E-state index contributed by atoms with van der Waals surface area (Å²) >= 11 is 1.84. The number of guanidine groups is 1. The third kappa shape index (κ3) is 6.04. The Labute approximate surface area is 183 Å². The molecule has 3 rings (SSSR count). The third-order valence-corrected chi connectivity index (χ3v) is 6.36. The van der Waals surface area contributed by atoms with Crippen molar-refractivity contribution in [2.45, 2.75) is 32.4 Å². The largest absolute Gasteiger partial charge is 0.383 e. The highest BCUT2D eigenvalue weighted by molar-refractivity contribution is 7.12. The first kappa shape index (κ1) is 22.7. The summed E-state index contributed by atoms with van der Waals surface area (Å²) in [5.74, 6) is 0.702. The van der Waals surface area contributed by atoms with Crippen molar-refractivity contribution in [2.24, 2.45) is 12.0 Å². The van der Waals surface area contributed by atoms with E-state index in [0.29, 0.717) is 5.96 Å². The fraction of sp³-hybridized carbons (Fsp3) is 0.619. The van der Waals surface area contributed by atoms with Crippen molar-refractivity contribution in [3.05, 3.63) is 39.8 Å². The van der Waals surface area contributed by atoms with Crippen LogP contribution in [0.4, 0.5) is 0 Å². The first-order chi connectivity index (χ1) is 14.4. The van der Waals surface area contributed by atoms with E-state index >= 15 is 0 Å². The predicted octanol–water partition coefficient (Wildman–Crippen LogP) is 1.63. The zero-order chi connectivity index (χ0) is 21.6. The fourth-order valence-corrected chi connectivity index (χ4v) is 4.50. The highest BCUT2D eigenvalue weighted by Gasteiger charge is 2.26. The molecule has 2 aromatic rings. The van der Waals surface area contributed by atoms with Crippen molar-refractivity contribution < 1.29 is 9.84 Å². The molecule has 1 aliphatic heterocycles. The first-order valence-electron chi connectivity index (χ1n) is 10.5. The number of hydrogen-bond donors (Lipinski definition) is 3. The molecule has 1 saturated heterocycles. The summed E-state index contributed by atoms with van der Waals surface area (Å²) in [6.07, 6.45) is 3.51. The van der Waals surface area contributed by atoms with Crippen LogP contribution in [-0.2, 0) is 17.4 Å². The van der Waals surface area contributed by atoms with E-state index in [1.54, 1.807) is 17.8 Å². The highest BCUT2D eigenvalue weighted by Crippen LogP contribution is 2.28. The van der Waals surface area contributed by atoms with E-state index in [2.05, 4.69) is 44.7 Å². The number of aliphatic hydroxyl groups is 1. The van der Waals surface area contributed by atoms with Gasteiger partial charge in [-0.2, -0.15) is 5.10 Å². The molecule has 0 amide bonds. The van der Waals surface area contributed by atoms with Crippen LogP contribution in [0.25, 0.3) is 0 Å². The number of aromatic nitrogens is 2. The minimum Gasteiger partial charge on any atom is -0.383 e. The van der Waals surface area contributed by atoms with Crippen LogP contribution in [0, 0.1) is 6.92 Å². The molecule has 0 spiro atoms. The number of nitrogens with zero attached hydrogens (tertiary/aromatic N) is 4. The van der Waals surface area contributed by atoms with E-state index in [4.69, 9.17) is 4.74 Å². The van der Waals surface area contributed by atoms with E-state index < -0.39 is 5.60 Å². The van der Waals surface area contributed by atoms with Crippen LogP contribution in [0.5, 0.6) is 0 Å². The fourth-order valence-electron chi connectivity index (χ4n) is 3.49. The second-order valence-electron chi connectivity index (χ2n) is 7.87. The lowest BCUT2D eigenvalue weighted by molar-refractivity contribution is 0.0177. The average Bonchev–Trinajstić information content (AvgIpc) is 3.36. The zero-order valence-electron chi connectivity index (χ0n) is 18.4. The summed E-state index contributed by atoms with van der Waals surface area (Å²) < 4.78 is 7.23. The van der Waals surface area contributed by atoms with Crippen LogP contribution in [0.3, 0.4) is 0 Å². The molecule has 30 heavy (non-hydrogen) atoms. The first-order valence-corrected chi connectivity index (χ1v) is 11.3. The molecule has 0 saturated carbocycles. The van der Waals surface area contributed by atoms with Crippen LogP contribution in [0.15, 0.2) is 29.5 Å². The van der Waals surface area contributed by atoms with Crippen molar-refractivity contribution in [1.29, 1.82) is 0 Å². The van der Waals surface area contributed by atoms with Gasteiger partial charge in [-0.05, 0) is 32.9 Å². The number of nitrogens with one attached hydrogen (secondary N) is 2. The Morgan fingerprint density at radius 3 is 2.73 bits per heavy atom. The van der Waals surface area contributed by atoms with E-state index in [9.17, 15) is 5.11 Å². The molecule has 0 aromatic carbocycles. The molecule has 8 nitrogen and oxygen atoms in total. The maximum absolute atomic E-state index is 10.8. The average molecular weight is 435 g/mol. The van der Waals surface area contributed by atoms with Gasteiger partial charge in [0, 0.05) is 54.7 Å². The minimum atomic E-state index is -1.08. The molecule has 0 aliphatic carbocycles. The Kier molecular flexibility index (Phi) is 7.87. The molecule has 9 heteroatoms. The van der Waals surface area contributed by atoms with Crippen molar-refractivity contribution in [3.63, 3.8) is 0 Å². The highest BCUT2D eigenvalue weighted by atomic mass is 32.1. The lowest BCUT2D eigenvalue weighted by Crippen LogP contribution is -2.46. The molecule has 0 bridgehead atoms. The maximum atomic E-state index is 10.8. The molecule has 2 aromatic heterocycles. The standard InChI is InChI=1S/C21H34N6O2S/c1-5-22-20(24-15-21(3,28)17-12-25-26(4)14-17)23-13-18(19-7-6-16(2)30-19)27-8-10-29-11-9-27/h6-7,12,14,18,28H,5,8-11,13,15H2,1-4H3,(H2,22,23,24). The van der Waals surface area contributed by atoms with Crippen molar-refractivity contribution in [1.82, 2.24) is 25.3 Å². The SMILES string of the molecule is CCNC(=NCC(C)(O)c1cnn(C)c1)NCC(c1ccc(C)s1)N1CCOCC1. The van der Waals surface area contributed by atoms with Gasteiger partial charge in [0.05, 0.1) is 32.0 Å². The molecule has 3 heterocycles. The molecule has 1 fully saturated rings. The Morgan fingerprint density at radius 2 is 2.13 bits per heavy atom. The van der Waals surface area contributed by atoms with Gasteiger partial charge in [-0.25, -0.2) is 4.99 Å². The topological polar surface area (TPSA) is 86.9 Å². The zero-order valence-corrected chi connectivity index (χ0v) is 19.2. The molecule has 1 aliphatic rings. The van der Waals surface area contributed by atoms with Gasteiger partial charge in [-0.3, -0.25) is 9.58 Å². The van der Waals surface area contributed by atoms with Crippen LogP contribution in [0.2, 0.25) is 0 Å². The second kappa shape index (κ2) is 10.4. The lowest BCUT2D eigenvalue weighted by Gasteiger charge is -2.34. The van der Waals surface area contributed by atoms with Crippen LogP contribution in [-0.4, -0.2) is 71.7 Å². The van der Waals surface area contributed by atoms with E-state index in [0.717, 1.165) is 45.0 Å². The predicted molar refractivity (Wildman–Crippen MR) is 121 cm³/mol. The molecular weight excluding hydrogens is 400 g/mol. The van der Waals surface area contributed by atoms with Gasteiger partial charge in [0.15, 0.2) is 5.96 Å². The lowest BCUT2D eigenvalue weighted by atomic mass is 10.0. The van der Waals surface area contributed by atoms with Gasteiger partial charge in [-0.15, -0.1) is 11.3 Å². The number of rotatable bonds is 8. The maximum Gasteiger partial charge on any atom is 0.191 e. The van der Waals surface area contributed by atoms with Crippen LogP contribution < -0.4 is 10.6 Å². The quantitative estimate of drug-likeness (QED) is 0.432. The van der Waals surface area contributed by atoms with Crippen molar-refractivity contribution in [2.75, 3.05) is 45.9 Å².